The van der Waals surface area contributed by atoms with Crippen molar-refractivity contribution in [2.75, 3.05) is 26.2 Å². The van der Waals surface area contributed by atoms with Gasteiger partial charge in [0.25, 0.3) is 0 Å². The van der Waals surface area contributed by atoms with Gasteiger partial charge in [-0.25, -0.2) is 4.98 Å². The molecule has 2 aromatic rings. The van der Waals surface area contributed by atoms with Crippen molar-refractivity contribution in [3.63, 3.8) is 0 Å². The summed E-state index contributed by atoms with van der Waals surface area (Å²) in [6, 6.07) is 8.49. The van der Waals surface area contributed by atoms with Crippen molar-refractivity contribution in [2.24, 2.45) is 5.92 Å². The second kappa shape index (κ2) is 8.60. The number of benzene rings is 1. The normalized spacial score (nSPS) is 17.5. The van der Waals surface area contributed by atoms with Gasteiger partial charge in [-0.1, -0.05) is 12.1 Å². The van der Waals surface area contributed by atoms with Gasteiger partial charge in [0.15, 0.2) is 0 Å². The molecular weight excluding hydrogens is 318 g/mol. The lowest BCUT2D eigenvalue weighted by molar-refractivity contribution is 0.221. The second-order valence-corrected chi connectivity index (χ2v) is 7.41. The molecule has 1 atom stereocenters. The van der Waals surface area contributed by atoms with Crippen molar-refractivity contribution in [1.29, 1.82) is 0 Å². The highest BCUT2D eigenvalue weighted by Crippen LogP contribution is 2.21. The highest BCUT2D eigenvalue weighted by Gasteiger charge is 2.19. The van der Waals surface area contributed by atoms with Crippen LogP contribution in [0.2, 0.25) is 0 Å². The third-order valence-electron chi connectivity index (χ3n) is 4.51. The summed E-state index contributed by atoms with van der Waals surface area (Å²) >= 11 is 1.76. The zero-order chi connectivity index (χ0) is 16.8. The van der Waals surface area contributed by atoms with Gasteiger partial charge in [0.2, 0.25) is 0 Å². The lowest BCUT2D eigenvalue weighted by atomic mass is 10.1. The van der Waals surface area contributed by atoms with Gasteiger partial charge in [0, 0.05) is 24.5 Å². The maximum Gasteiger partial charge on any atom is 0.119 e. The highest BCUT2D eigenvalue weighted by atomic mass is 32.1. The Morgan fingerprint density at radius 1 is 1.38 bits per heavy atom. The average Bonchev–Trinajstić information content (AvgIpc) is 3.21. The van der Waals surface area contributed by atoms with Gasteiger partial charge in [-0.15, -0.1) is 11.3 Å². The van der Waals surface area contributed by atoms with Crippen molar-refractivity contribution < 1.29 is 4.74 Å². The van der Waals surface area contributed by atoms with Crippen LogP contribution in [0.3, 0.4) is 0 Å². The Kier molecular flexibility index (Phi) is 6.24. The van der Waals surface area contributed by atoms with Gasteiger partial charge in [-0.3, -0.25) is 4.90 Å². The lowest BCUT2D eigenvalue weighted by Crippen LogP contribution is -2.30. The molecule has 0 amide bonds. The molecule has 0 aliphatic carbocycles. The molecule has 4 nitrogen and oxygen atoms in total. The van der Waals surface area contributed by atoms with Crippen LogP contribution in [0.5, 0.6) is 5.75 Å². The fourth-order valence-corrected chi connectivity index (χ4v) is 4.08. The van der Waals surface area contributed by atoms with Crippen LogP contribution in [0, 0.1) is 12.8 Å². The Morgan fingerprint density at radius 2 is 2.29 bits per heavy atom. The van der Waals surface area contributed by atoms with E-state index in [1.54, 1.807) is 11.3 Å². The summed E-state index contributed by atoms with van der Waals surface area (Å²) in [6.07, 6.45) is 1.27. The van der Waals surface area contributed by atoms with Gasteiger partial charge in [0.1, 0.15) is 5.75 Å². The summed E-state index contributed by atoms with van der Waals surface area (Å²) < 4.78 is 5.65. The van der Waals surface area contributed by atoms with E-state index >= 15 is 0 Å². The molecule has 24 heavy (non-hydrogen) atoms. The van der Waals surface area contributed by atoms with Crippen LogP contribution in [0.25, 0.3) is 0 Å². The Morgan fingerprint density at radius 3 is 3.00 bits per heavy atom. The van der Waals surface area contributed by atoms with Gasteiger partial charge in [-0.2, -0.15) is 0 Å². The molecule has 1 saturated heterocycles. The Labute approximate surface area is 148 Å². The van der Waals surface area contributed by atoms with Crippen LogP contribution >= 0.6 is 11.3 Å². The average molecular weight is 346 g/mol. The van der Waals surface area contributed by atoms with Crippen molar-refractivity contribution >= 4 is 11.3 Å². The van der Waals surface area contributed by atoms with Gasteiger partial charge >= 0.3 is 0 Å². The maximum atomic E-state index is 5.65. The molecule has 1 N–H and O–H groups in total. The quantitative estimate of drug-likeness (QED) is 0.795. The minimum absolute atomic E-state index is 0.709. The van der Waals surface area contributed by atoms with Crippen LogP contribution in [0.15, 0.2) is 29.8 Å². The highest BCUT2D eigenvalue weighted by molar-refractivity contribution is 7.09. The standard InChI is InChI=1S/C19H27N3OS/c1-3-23-18-6-4-5-16(9-18)11-22(12-17-7-8-20-10-17)13-19-15(2)21-14-24-19/h4-6,9,14,17,20H,3,7-8,10-13H2,1-2H3/t17-/m0/s1. The molecule has 1 fully saturated rings. The monoisotopic (exact) mass is 345 g/mol. The van der Waals surface area contributed by atoms with Crippen LogP contribution in [0.1, 0.15) is 29.5 Å². The first-order valence-corrected chi connectivity index (χ1v) is 9.66. The number of thiazole rings is 1. The van der Waals surface area contributed by atoms with E-state index in [4.69, 9.17) is 4.74 Å². The molecule has 0 saturated carbocycles. The van der Waals surface area contributed by atoms with Crippen LogP contribution in [0.4, 0.5) is 0 Å². The van der Waals surface area contributed by atoms with E-state index < -0.39 is 0 Å². The van der Waals surface area contributed by atoms with Crippen molar-refractivity contribution in [3.8, 4) is 5.75 Å². The Balaban J connectivity index is 1.70. The van der Waals surface area contributed by atoms with Gasteiger partial charge < -0.3 is 10.1 Å². The van der Waals surface area contributed by atoms with E-state index in [1.165, 1.54) is 16.9 Å². The fraction of sp³-hybridized carbons (Fsp3) is 0.526. The van der Waals surface area contributed by atoms with Crippen LogP contribution in [-0.2, 0) is 13.1 Å². The van der Waals surface area contributed by atoms with E-state index in [9.17, 15) is 0 Å². The molecule has 3 rings (SSSR count). The summed E-state index contributed by atoms with van der Waals surface area (Å²) in [7, 11) is 0. The third kappa shape index (κ3) is 4.79. The maximum absolute atomic E-state index is 5.65. The lowest BCUT2D eigenvalue weighted by Gasteiger charge is -2.25. The first-order chi connectivity index (χ1) is 11.7. The minimum atomic E-state index is 0.709. The number of nitrogens with one attached hydrogen (secondary N) is 1. The molecule has 0 spiro atoms. The first kappa shape index (κ1) is 17.4. The molecule has 2 heterocycles. The Bertz CT molecular complexity index is 637. The number of nitrogens with zero attached hydrogens (tertiary/aromatic N) is 2. The minimum Gasteiger partial charge on any atom is -0.494 e. The molecule has 1 aromatic heterocycles. The van der Waals surface area contributed by atoms with E-state index in [2.05, 4.69) is 40.3 Å². The number of aromatic nitrogens is 1. The fourth-order valence-electron chi connectivity index (χ4n) is 3.26. The van der Waals surface area contributed by atoms with Crippen molar-refractivity contribution in [1.82, 2.24) is 15.2 Å². The number of ether oxygens (including phenoxy) is 1. The van der Waals surface area contributed by atoms with Crippen molar-refractivity contribution in [3.05, 3.63) is 45.9 Å². The van der Waals surface area contributed by atoms with Crippen LogP contribution in [-0.4, -0.2) is 36.1 Å². The molecule has 130 valence electrons. The molecule has 0 unspecified atom stereocenters. The van der Waals surface area contributed by atoms with Gasteiger partial charge in [0.05, 0.1) is 17.8 Å². The van der Waals surface area contributed by atoms with E-state index in [0.29, 0.717) is 6.61 Å². The predicted molar refractivity (Wildman–Crippen MR) is 99.6 cm³/mol. The van der Waals surface area contributed by atoms with Crippen molar-refractivity contribution in [2.45, 2.75) is 33.4 Å². The smallest absolute Gasteiger partial charge is 0.119 e. The SMILES string of the molecule is CCOc1cccc(CN(Cc2scnc2C)C[C@H]2CCNC2)c1. The first-order valence-electron chi connectivity index (χ1n) is 8.78. The number of hydrogen-bond donors (Lipinski definition) is 1. The molecule has 1 aliphatic heterocycles. The largest absolute Gasteiger partial charge is 0.494 e. The topological polar surface area (TPSA) is 37.4 Å². The van der Waals surface area contributed by atoms with E-state index in [-0.39, 0.29) is 0 Å². The molecule has 1 aliphatic rings. The summed E-state index contributed by atoms with van der Waals surface area (Å²) in [5, 5.41) is 3.48. The molecular formula is C19H27N3OS. The number of hydrogen-bond acceptors (Lipinski definition) is 5. The molecule has 0 radical (unpaired) electrons. The molecule has 0 bridgehead atoms. The van der Waals surface area contributed by atoms with Crippen LogP contribution < -0.4 is 10.1 Å². The number of rotatable bonds is 8. The number of aryl methyl sites for hydroxylation is 1. The summed E-state index contributed by atoms with van der Waals surface area (Å²) in [5.74, 6) is 1.71. The zero-order valence-corrected chi connectivity index (χ0v) is 15.4. The molecule has 1 aromatic carbocycles. The van der Waals surface area contributed by atoms with E-state index in [1.807, 2.05) is 18.5 Å². The zero-order valence-electron chi connectivity index (χ0n) is 14.6. The summed E-state index contributed by atoms with van der Waals surface area (Å²) in [4.78, 5) is 8.34. The third-order valence-corrected chi connectivity index (χ3v) is 5.43. The summed E-state index contributed by atoms with van der Waals surface area (Å²) in [6.45, 7) is 10.2. The Hall–Kier alpha value is -1.43. The molecule has 5 heteroatoms. The van der Waals surface area contributed by atoms with Gasteiger partial charge in [-0.05, 0) is 57.0 Å². The second-order valence-electron chi connectivity index (χ2n) is 6.47. The van der Waals surface area contributed by atoms with E-state index in [0.717, 1.165) is 50.1 Å². The predicted octanol–water partition coefficient (Wildman–Crippen LogP) is 3.46. The summed E-state index contributed by atoms with van der Waals surface area (Å²) in [5.41, 5.74) is 4.43.